The van der Waals surface area contributed by atoms with Gasteiger partial charge in [0.2, 0.25) is 5.95 Å². The molecule has 4 atom stereocenters. The van der Waals surface area contributed by atoms with Gasteiger partial charge in [0, 0.05) is 12.5 Å². The summed E-state index contributed by atoms with van der Waals surface area (Å²) in [7, 11) is 1.62. The number of aromatic nitrogens is 3. The fourth-order valence-corrected chi connectivity index (χ4v) is 5.73. The van der Waals surface area contributed by atoms with Crippen LogP contribution in [0.5, 0.6) is 5.75 Å². The summed E-state index contributed by atoms with van der Waals surface area (Å²) in [6, 6.07) is 5.77. The van der Waals surface area contributed by atoms with Crippen LogP contribution in [0.25, 0.3) is 20.8 Å². The lowest BCUT2D eigenvalue weighted by Crippen LogP contribution is -2.49. The smallest absolute Gasteiger partial charge is 0.224 e. The van der Waals surface area contributed by atoms with E-state index in [-0.39, 0.29) is 6.42 Å². The number of hydrogen-bond donors (Lipinski definition) is 5. The number of thiazole rings is 1. The van der Waals surface area contributed by atoms with Gasteiger partial charge in [0.05, 0.1) is 29.2 Å². The van der Waals surface area contributed by atoms with Gasteiger partial charge in [-0.2, -0.15) is 4.98 Å². The number of rotatable bonds is 8. The fourth-order valence-electron chi connectivity index (χ4n) is 4.64. The molecule has 0 bridgehead atoms. The zero-order valence-corrected chi connectivity index (χ0v) is 20.4. The van der Waals surface area contributed by atoms with E-state index in [1.165, 1.54) is 24.2 Å². The third-order valence-corrected chi connectivity index (χ3v) is 7.90. The molecule has 0 radical (unpaired) electrons. The van der Waals surface area contributed by atoms with Crippen molar-refractivity contribution in [2.75, 3.05) is 24.3 Å². The summed E-state index contributed by atoms with van der Waals surface area (Å²) >= 11 is 1.49. The first kappa shape index (κ1) is 23.2. The maximum absolute atomic E-state index is 11.3. The molecule has 0 amide bonds. The highest BCUT2D eigenvalue weighted by Crippen LogP contribution is 2.42. The van der Waals surface area contributed by atoms with E-state index in [0.29, 0.717) is 46.1 Å². The van der Waals surface area contributed by atoms with Gasteiger partial charge in [-0.15, -0.1) is 11.3 Å². The van der Waals surface area contributed by atoms with E-state index in [4.69, 9.17) is 14.7 Å². The molecular weight excluding hydrogens is 454 g/mol. The molecule has 0 aliphatic heterocycles. The Hall–Kier alpha value is -2.53. The van der Waals surface area contributed by atoms with Crippen molar-refractivity contribution in [2.24, 2.45) is 11.8 Å². The van der Waals surface area contributed by atoms with E-state index in [9.17, 15) is 15.3 Å². The number of benzene rings is 1. The van der Waals surface area contributed by atoms with Crippen LogP contribution in [0.2, 0.25) is 0 Å². The Morgan fingerprint density at radius 3 is 2.71 bits per heavy atom. The quantitative estimate of drug-likeness (QED) is 0.305. The molecule has 5 rings (SSSR count). The standard InChI is InChI=1S/C24H31N5O4S/c1-12-18(22-27-19-16(33-3)5-4-6-17(19)34-22)21(28-23(26-12)25-11-14-7-8-14)29-24(32)10-9-15(13(2)30)20(24)31/h4-6,13-15,20,30-32H,7-11H2,1-3H3,(H2,25,26,28,29)/t13?,15-,20-,24+/m1/s1. The first-order valence-corrected chi connectivity index (χ1v) is 12.5. The van der Waals surface area contributed by atoms with Gasteiger partial charge in [-0.05, 0) is 57.6 Å². The van der Waals surface area contributed by atoms with Crippen LogP contribution in [0.1, 0.15) is 38.3 Å². The minimum atomic E-state index is -1.63. The highest BCUT2D eigenvalue weighted by atomic mass is 32.1. The Morgan fingerprint density at radius 2 is 2.03 bits per heavy atom. The zero-order valence-electron chi connectivity index (χ0n) is 19.6. The molecule has 9 nitrogen and oxygen atoms in total. The van der Waals surface area contributed by atoms with Crippen LogP contribution >= 0.6 is 11.3 Å². The topological polar surface area (TPSA) is 133 Å². The number of hydrogen-bond acceptors (Lipinski definition) is 10. The Labute approximate surface area is 202 Å². The average Bonchev–Trinajstić information content (AvgIpc) is 3.45. The summed E-state index contributed by atoms with van der Waals surface area (Å²) in [6.45, 7) is 4.32. The van der Waals surface area contributed by atoms with Gasteiger partial charge in [-0.3, -0.25) is 0 Å². The molecule has 0 saturated heterocycles. The third-order valence-electron chi connectivity index (χ3n) is 6.86. The monoisotopic (exact) mass is 485 g/mol. The molecule has 2 heterocycles. The largest absolute Gasteiger partial charge is 0.494 e. The van der Waals surface area contributed by atoms with Crippen LogP contribution < -0.4 is 15.4 Å². The molecule has 2 fully saturated rings. The zero-order chi connectivity index (χ0) is 24.0. The Kier molecular flexibility index (Phi) is 6.09. The molecular formula is C24H31N5O4S. The lowest BCUT2D eigenvalue weighted by atomic mass is 9.98. The molecule has 2 aromatic heterocycles. The molecule has 2 aliphatic carbocycles. The average molecular weight is 486 g/mol. The van der Waals surface area contributed by atoms with E-state index in [2.05, 4.69) is 15.6 Å². The lowest BCUT2D eigenvalue weighted by molar-refractivity contribution is -0.0663. The summed E-state index contributed by atoms with van der Waals surface area (Å²) in [6.07, 6.45) is 1.31. The van der Waals surface area contributed by atoms with Crippen molar-refractivity contribution in [2.45, 2.75) is 57.5 Å². The molecule has 182 valence electrons. The molecule has 2 aliphatic rings. The molecule has 1 aromatic carbocycles. The second-order valence-electron chi connectivity index (χ2n) is 9.44. The number of anilines is 2. The predicted molar refractivity (Wildman–Crippen MR) is 132 cm³/mol. The molecule has 1 unspecified atom stereocenters. The second kappa shape index (κ2) is 8.92. The van der Waals surface area contributed by atoms with Crippen molar-refractivity contribution in [1.82, 2.24) is 15.0 Å². The van der Waals surface area contributed by atoms with Crippen LogP contribution in [0.15, 0.2) is 18.2 Å². The minimum Gasteiger partial charge on any atom is -0.494 e. The van der Waals surface area contributed by atoms with Crippen LogP contribution in [0.4, 0.5) is 11.8 Å². The van der Waals surface area contributed by atoms with Crippen molar-refractivity contribution >= 4 is 33.3 Å². The van der Waals surface area contributed by atoms with Gasteiger partial charge in [-0.25, -0.2) is 9.97 Å². The Balaban J connectivity index is 1.57. The van der Waals surface area contributed by atoms with Gasteiger partial charge in [0.25, 0.3) is 0 Å². The SMILES string of the molecule is COc1cccc2sc(-c3c(C)nc(NCC4CC4)nc3N[C@]3(O)CC[C@H](C(C)O)[C@H]3O)nc12. The van der Waals surface area contributed by atoms with Crippen molar-refractivity contribution in [3.05, 3.63) is 23.9 Å². The molecule has 2 saturated carbocycles. The lowest BCUT2D eigenvalue weighted by Gasteiger charge is -2.32. The van der Waals surface area contributed by atoms with E-state index in [1.54, 1.807) is 14.0 Å². The Morgan fingerprint density at radius 1 is 1.24 bits per heavy atom. The van der Waals surface area contributed by atoms with Crippen LogP contribution in [0, 0.1) is 18.8 Å². The number of fused-ring (bicyclic) bond motifs is 1. The van der Waals surface area contributed by atoms with E-state index < -0.39 is 23.9 Å². The van der Waals surface area contributed by atoms with Gasteiger partial charge < -0.3 is 30.7 Å². The number of ether oxygens (including phenoxy) is 1. The van der Waals surface area contributed by atoms with E-state index in [0.717, 1.165) is 16.8 Å². The number of methoxy groups -OCH3 is 1. The number of para-hydroxylation sites is 1. The molecule has 34 heavy (non-hydrogen) atoms. The van der Waals surface area contributed by atoms with Gasteiger partial charge in [-0.1, -0.05) is 6.07 Å². The maximum atomic E-state index is 11.3. The third kappa shape index (κ3) is 4.31. The minimum absolute atomic E-state index is 0.282. The van der Waals surface area contributed by atoms with Gasteiger partial charge >= 0.3 is 0 Å². The van der Waals surface area contributed by atoms with Crippen LogP contribution in [-0.4, -0.2) is 61.9 Å². The van der Waals surface area contributed by atoms with Crippen LogP contribution in [-0.2, 0) is 0 Å². The predicted octanol–water partition coefficient (Wildman–Crippen LogP) is 3.14. The number of nitrogens with one attached hydrogen (secondary N) is 2. The summed E-state index contributed by atoms with van der Waals surface area (Å²) in [5.41, 5.74) is 0.498. The number of aliphatic hydroxyl groups excluding tert-OH is 2. The van der Waals surface area contributed by atoms with Crippen molar-refractivity contribution in [3.63, 3.8) is 0 Å². The van der Waals surface area contributed by atoms with Crippen LogP contribution in [0.3, 0.4) is 0 Å². The summed E-state index contributed by atoms with van der Waals surface area (Å²) in [4.78, 5) is 14.2. The number of nitrogens with zero attached hydrogens (tertiary/aromatic N) is 3. The summed E-state index contributed by atoms with van der Waals surface area (Å²) in [5.74, 6) is 1.77. The molecule has 0 spiro atoms. The highest BCUT2D eigenvalue weighted by molar-refractivity contribution is 7.21. The van der Waals surface area contributed by atoms with Crippen molar-refractivity contribution < 1.29 is 20.1 Å². The molecule has 3 aromatic rings. The van der Waals surface area contributed by atoms with E-state index in [1.807, 2.05) is 25.1 Å². The maximum Gasteiger partial charge on any atom is 0.224 e. The normalized spacial score (nSPS) is 25.5. The first-order chi connectivity index (χ1) is 16.3. The van der Waals surface area contributed by atoms with Gasteiger partial charge in [0.15, 0.2) is 5.72 Å². The fraction of sp³-hybridized carbons (Fsp3) is 0.542. The summed E-state index contributed by atoms with van der Waals surface area (Å²) in [5, 5.41) is 39.3. The van der Waals surface area contributed by atoms with Crippen molar-refractivity contribution in [3.8, 4) is 16.3 Å². The highest BCUT2D eigenvalue weighted by Gasteiger charge is 2.49. The first-order valence-electron chi connectivity index (χ1n) is 11.7. The number of aliphatic hydroxyl groups is 3. The van der Waals surface area contributed by atoms with E-state index >= 15 is 0 Å². The second-order valence-corrected chi connectivity index (χ2v) is 10.5. The Bertz CT molecular complexity index is 1200. The molecule has 10 heteroatoms. The summed E-state index contributed by atoms with van der Waals surface area (Å²) < 4.78 is 6.44. The van der Waals surface area contributed by atoms with Crippen molar-refractivity contribution in [1.29, 1.82) is 0 Å². The molecule has 5 N–H and O–H groups in total. The van der Waals surface area contributed by atoms with Gasteiger partial charge in [0.1, 0.15) is 28.2 Å². The number of aryl methyl sites for hydroxylation is 1.